The highest BCUT2D eigenvalue weighted by Crippen LogP contribution is 2.10. The fourth-order valence-corrected chi connectivity index (χ4v) is 2.64. The number of para-hydroxylation sites is 1. The Morgan fingerprint density at radius 1 is 0.759 bits per heavy atom. The minimum Gasteiger partial charge on any atom is -0.445 e. The van der Waals surface area contributed by atoms with Crippen LogP contribution < -0.4 is 10.6 Å². The minimum absolute atomic E-state index is 0.0270. The highest BCUT2D eigenvalue weighted by Gasteiger charge is 2.30. The number of carbonyl (C=O) groups excluding carboxylic acids is 3. The van der Waals surface area contributed by atoms with Gasteiger partial charge >= 0.3 is 6.09 Å². The van der Waals surface area contributed by atoms with Gasteiger partial charge in [0.2, 0.25) is 0 Å². The number of carbonyl (C=O) groups is 3. The van der Waals surface area contributed by atoms with E-state index in [0.29, 0.717) is 11.3 Å². The third-order valence-corrected chi connectivity index (χ3v) is 4.10. The fraction of sp³-hybridized carbons (Fsp3) is 0.0870. The molecule has 0 aliphatic heterocycles. The number of ketones is 1. The van der Waals surface area contributed by atoms with E-state index in [1.165, 1.54) is 0 Å². The Labute approximate surface area is 168 Å². The van der Waals surface area contributed by atoms with Crippen molar-refractivity contribution in [2.75, 3.05) is 5.32 Å². The van der Waals surface area contributed by atoms with Crippen LogP contribution in [0.15, 0.2) is 91.0 Å². The van der Waals surface area contributed by atoms with Crippen LogP contribution in [0.1, 0.15) is 15.9 Å². The number of anilines is 1. The maximum atomic E-state index is 12.9. The molecule has 3 rings (SSSR count). The summed E-state index contributed by atoms with van der Waals surface area (Å²) in [5.41, 5.74) is 1.62. The molecule has 0 aliphatic rings. The van der Waals surface area contributed by atoms with Crippen molar-refractivity contribution in [2.24, 2.45) is 0 Å². The highest BCUT2D eigenvalue weighted by atomic mass is 16.5. The smallest absolute Gasteiger partial charge is 0.408 e. The molecule has 0 saturated heterocycles. The summed E-state index contributed by atoms with van der Waals surface area (Å²) in [7, 11) is 0. The lowest BCUT2D eigenvalue weighted by atomic mass is 10.0. The summed E-state index contributed by atoms with van der Waals surface area (Å²) in [5.74, 6) is -1.18. The van der Waals surface area contributed by atoms with Crippen LogP contribution >= 0.6 is 0 Å². The summed E-state index contributed by atoms with van der Waals surface area (Å²) < 4.78 is 5.16. The van der Waals surface area contributed by atoms with Gasteiger partial charge in [-0.2, -0.15) is 0 Å². The zero-order valence-corrected chi connectivity index (χ0v) is 15.6. The van der Waals surface area contributed by atoms with Crippen LogP contribution in [0.4, 0.5) is 10.5 Å². The molecule has 3 aromatic carbocycles. The van der Waals surface area contributed by atoms with E-state index in [0.717, 1.165) is 5.56 Å². The van der Waals surface area contributed by atoms with Crippen LogP contribution in [0, 0.1) is 0 Å². The number of benzene rings is 3. The average Bonchev–Trinajstić information content (AvgIpc) is 2.77. The zero-order valence-electron chi connectivity index (χ0n) is 15.6. The summed E-state index contributed by atoms with van der Waals surface area (Å²) in [6, 6.07) is 24.7. The summed E-state index contributed by atoms with van der Waals surface area (Å²) in [6.07, 6.45) is -0.855. The van der Waals surface area contributed by atoms with Gasteiger partial charge in [0, 0.05) is 11.3 Å². The number of hydrogen-bond donors (Lipinski definition) is 2. The molecule has 2 amide bonds. The Bertz CT molecular complexity index is 960. The molecule has 0 aromatic heterocycles. The van der Waals surface area contributed by atoms with Gasteiger partial charge in [-0.25, -0.2) is 4.79 Å². The minimum atomic E-state index is -1.43. The van der Waals surface area contributed by atoms with Gasteiger partial charge in [-0.15, -0.1) is 0 Å². The zero-order chi connectivity index (χ0) is 20.5. The largest absolute Gasteiger partial charge is 0.445 e. The predicted molar refractivity (Wildman–Crippen MR) is 109 cm³/mol. The number of alkyl carbamates (subject to hydrolysis) is 1. The molecule has 0 fully saturated rings. The van der Waals surface area contributed by atoms with E-state index in [9.17, 15) is 14.4 Å². The summed E-state index contributed by atoms with van der Waals surface area (Å²) in [4.78, 5) is 37.8. The number of Topliss-reactive ketones (excluding diaryl/α,β-unsaturated/α-hetero) is 1. The van der Waals surface area contributed by atoms with Gasteiger partial charge in [0.05, 0.1) is 0 Å². The van der Waals surface area contributed by atoms with E-state index in [2.05, 4.69) is 10.6 Å². The number of amides is 2. The van der Waals surface area contributed by atoms with E-state index in [-0.39, 0.29) is 6.61 Å². The standard InChI is InChI=1S/C23H20N2O4/c26-21(18-12-6-2-7-13-18)20(22(27)24-19-14-8-3-9-15-19)25-23(28)29-16-17-10-4-1-5-11-17/h1-15,20H,16H2,(H,24,27)(H,25,28). The second-order valence-corrected chi connectivity index (χ2v) is 6.22. The van der Waals surface area contributed by atoms with Crippen LogP contribution in [0.2, 0.25) is 0 Å². The molecule has 3 aromatic rings. The second-order valence-electron chi connectivity index (χ2n) is 6.22. The van der Waals surface area contributed by atoms with Crippen LogP contribution in [0.25, 0.3) is 0 Å². The molecule has 6 nitrogen and oxygen atoms in total. The van der Waals surface area contributed by atoms with Crippen molar-refractivity contribution in [3.05, 3.63) is 102 Å². The van der Waals surface area contributed by atoms with Crippen molar-refractivity contribution in [2.45, 2.75) is 12.6 Å². The van der Waals surface area contributed by atoms with Crippen LogP contribution in [0.5, 0.6) is 0 Å². The van der Waals surface area contributed by atoms with Crippen molar-refractivity contribution in [3.63, 3.8) is 0 Å². The van der Waals surface area contributed by atoms with E-state index < -0.39 is 23.8 Å². The lowest BCUT2D eigenvalue weighted by Crippen LogP contribution is -2.49. The Morgan fingerprint density at radius 2 is 1.31 bits per heavy atom. The van der Waals surface area contributed by atoms with Crippen molar-refractivity contribution in [3.8, 4) is 0 Å². The molecule has 2 N–H and O–H groups in total. The summed E-state index contributed by atoms with van der Waals surface area (Å²) in [5, 5.41) is 5.02. The van der Waals surface area contributed by atoms with Crippen molar-refractivity contribution in [1.29, 1.82) is 0 Å². The molecular formula is C23H20N2O4. The molecule has 0 radical (unpaired) electrons. The Hall–Kier alpha value is -3.93. The molecule has 0 saturated carbocycles. The molecule has 0 bridgehead atoms. The van der Waals surface area contributed by atoms with E-state index in [1.54, 1.807) is 54.6 Å². The first-order valence-electron chi connectivity index (χ1n) is 9.06. The second kappa shape index (κ2) is 9.85. The molecule has 0 aliphatic carbocycles. The molecule has 0 spiro atoms. The maximum absolute atomic E-state index is 12.9. The predicted octanol–water partition coefficient (Wildman–Crippen LogP) is 3.80. The Balaban J connectivity index is 1.72. The molecule has 0 heterocycles. The third-order valence-electron chi connectivity index (χ3n) is 4.10. The maximum Gasteiger partial charge on any atom is 0.408 e. The lowest BCUT2D eigenvalue weighted by Gasteiger charge is -2.17. The first-order valence-corrected chi connectivity index (χ1v) is 9.06. The molecule has 6 heteroatoms. The van der Waals surface area contributed by atoms with Gasteiger partial charge in [-0.3, -0.25) is 9.59 Å². The van der Waals surface area contributed by atoms with Crippen LogP contribution in [0.3, 0.4) is 0 Å². The van der Waals surface area contributed by atoms with Gasteiger partial charge in [0.15, 0.2) is 11.8 Å². The van der Waals surface area contributed by atoms with Gasteiger partial charge in [-0.1, -0.05) is 78.9 Å². The third kappa shape index (κ3) is 5.77. The monoisotopic (exact) mass is 388 g/mol. The van der Waals surface area contributed by atoms with Crippen molar-refractivity contribution >= 4 is 23.5 Å². The first kappa shape index (κ1) is 19.8. The van der Waals surface area contributed by atoms with Crippen LogP contribution in [-0.2, 0) is 16.1 Å². The normalized spacial score (nSPS) is 11.2. The molecule has 146 valence electrons. The van der Waals surface area contributed by atoms with Gasteiger partial charge in [0.1, 0.15) is 6.61 Å². The van der Waals surface area contributed by atoms with Crippen LogP contribution in [-0.4, -0.2) is 23.8 Å². The SMILES string of the molecule is O=C(NC(C(=O)Nc1ccccc1)C(=O)c1ccccc1)OCc1ccccc1. The summed E-state index contributed by atoms with van der Waals surface area (Å²) >= 11 is 0. The van der Waals surface area contributed by atoms with Gasteiger partial charge in [-0.05, 0) is 17.7 Å². The van der Waals surface area contributed by atoms with Gasteiger partial charge < -0.3 is 15.4 Å². The van der Waals surface area contributed by atoms with E-state index in [1.807, 2.05) is 36.4 Å². The molecule has 1 unspecified atom stereocenters. The van der Waals surface area contributed by atoms with Gasteiger partial charge in [0.25, 0.3) is 5.91 Å². The van der Waals surface area contributed by atoms with E-state index in [4.69, 9.17) is 4.74 Å². The number of hydrogen-bond acceptors (Lipinski definition) is 4. The van der Waals surface area contributed by atoms with Crippen molar-refractivity contribution < 1.29 is 19.1 Å². The van der Waals surface area contributed by atoms with E-state index >= 15 is 0 Å². The van der Waals surface area contributed by atoms with Crippen molar-refractivity contribution in [1.82, 2.24) is 5.32 Å². The highest BCUT2D eigenvalue weighted by molar-refractivity contribution is 6.18. The number of ether oxygens (including phenoxy) is 1. The summed E-state index contributed by atoms with van der Waals surface area (Å²) in [6.45, 7) is 0.0270. The average molecular weight is 388 g/mol. The molecular weight excluding hydrogens is 368 g/mol. The molecule has 1 atom stereocenters. The topological polar surface area (TPSA) is 84.5 Å². The molecule has 29 heavy (non-hydrogen) atoms. The Morgan fingerprint density at radius 3 is 1.93 bits per heavy atom. The number of rotatable bonds is 7. The fourth-order valence-electron chi connectivity index (χ4n) is 2.64. The lowest BCUT2D eigenvalue weighted by molar-refractivity contribution is -0.117. The Kier molecular flexibility index (Phi) is 6.73. The first-order chi connectivity index (χ1) is 14.1. The quantitative estimate of drug-likeness (QED) is 0.476. The number of nitrogens with one attached hydrogen (secondary N) is 2.